The number of hydrogen-bond donors (Lipinski definition) is 0. The molecule has 0 amide bonds. The number of rotatable bonds is 10. The monoisotopic (exact) mass is 1040 g/mol. The molecule has 0 fully saturated rings. The summed E-state index contributed by atoms with van der Waals surface area (Å²) in [5.74, 6) is -12.3. The molecule has 6 nitrogen and oxygen atoms in total. The van der Waals surface area contributed by atoms with Crippen LogP contribution in [0.1, 0.15) is 89.0 Å². The van der Waals surface area contributed by atoms with E-state index >= 15 is 43.9 Å². The van der Waals surface area contributed by atoms with Crippen LogP contribution in [0.4, 0.5) is 43.9 Å². The summed E-state index contributed by atoms with van der Waals surface area (Å²) in [5, 5.41) is 0. The van der Waals surface area contributed by atoms with Crippen LogP contribution in [0, 0.1) is 120 Å². The van der Waals surface area contributed by atoms with E-state index in [-0.39, 0.29) is 32.4 Å². The number of halogens is 10. The minimum Gasteiger partial charge on any atom is -0.457 e. The lowest BCUT2D eigenvalue weighted by Gasteiger charge is -2.38. The highest BCUT2D eigenvalue weighted by molar-refractivity contribution is 7.92. The first kappa shape index (κ1) is 54.5. The number of hydrogen-bond acceptors (Lipinski definition) is 6. The van der Waals surface area contributed by atoms with Crippen molar-refractivity contribution in [2.45, 2.75) is 134 Å². The molecule has 0 aliphatic heterocycles. The molecule has 18 heteroatoms. The van der Waals surface area contributed by atoms with Crippen LogP contribution in [-0.2, 0) is 25.1 Å². The van der Waals surface area contributed by atoms with E-state index in [1.165, 1.54) is 13.8 Å². The maximum atomic E-state index is 15.7. The van der Waals surface area contributed by atoms with Crippen LogP contribution in [-0.4, -0.2) is 29.2 Å². The highest BCUT2D eigenvalue weighted by Crippen LogP contribution is 2.57. The fourth-order valence-electron chi connectivity index (χ4n) is 9.42. The largest absolute Gasteiger partial charge is 0.457 e. The van der Waals surface area contributed by atoms with Gasteiger partial charge < -0.3 is 9.47 Å². The van der Waals surface area contributed by atoms with Crippen molar-refractivity contribution in [3.05, 3.63) is 161 Å². The van der Waals surface area contributed by atoms with E-state index < -0.39 is 93.1 Å². The maximum absolute atomic E-state index is 15.7. The van der Waals surface area contributed by atoms with Gasteiger partial charge in [0.2, 0.25) is 42.5 Å². The van der Waals surface area contributed by atoms with Crippen molar-refractivity contribution in [3.8, 4) is 23.0 Å². The Morgan fingerprint density at radius 3 is 0.845 bits per heavy atom. The first-order chi connectivity index (χ1) is 32.5. The second kappa shape index (κ2) is 18.3. The first-order valence-electron chi connectivity index (χ1n) is 21.8. The van der Waals surface area contributed by atoms with Crippen molar-refractivity contribution in [1.82, 2.24) is 0 Å². The summed E-state index contributed by atoms with van der Waals surface area (Å²) in [6, 6.07) is 4.34. The molecule has 0 unspecified atom stereocenters. The standard InChI is InChI=1S/C53H50F10O6S2/c1-23-25(3)31(9)47(32(10)26(23)4)70(64,65)49-35(13)29(7)45(30(8)36(49)14)68-39-19-15-37(16-20-39)51(52(58,59)60,53(61,62)63)38-17-21-40(22-18-38)69-46-41(54)43(56)50(44(57)42(46)55)71(66,67)48-33(11)27(5)24(2)28(6)34(48)12/h15-22H,1-14H3. The second-order valence-corrected chi connectivity index (χ2v) is 21.6. The van der Waals surface area contributed by atoms with E-state index in [0.717, 1.165) is 28.8 Å². The lowest BCUT2D eigenvalue weighted by Crippen LogP contribution is -2.54. The normalized spacial score (nSPS) is 12.7. The third-order valence-corrected chi connectivity index (χ3v) is 18.8. The molecule has 0 spiro atoms. The van der Waals surface area contributed by atoms with Crippen molar-refractivity contribution in [3.63, 3.8) is 0 Å². The van der Waals surface area contributed by atoms with E-state index in [0.29, 0.717) is 86.5 Å². The fourth-order valence-corrected chi connectivity index (χ4v) is 13.8. The number of alkyl halides is 6. The Labute approximate surface area is 406 Å². The fraction of sp³-hybridized carbons (Fsp3) is 0.321. The van der Waals surface area contributed by atoms with Crippen LogP contribution in [0.15, 0.2) is 68.1 Å². The van der Waals surface area contributed by atoms with Crippen molar-refractivity contribution in [1.29, 1.82) is 0 Å². The van der Waals surface area contributed by atoms with E-state index in [2.05, 4.69) is 0 Å². The van der Waals surface area contributed by atoms with E-state index in [9.17, 15) is 16.8 Å². The zero-order chi connectivity index (χ0) is 53.7. The van der Waals surface area contributed by atoms with Gasteiger partial charge in [-0.15, -0.1) is 0 Å². The molecule has 6 aromatic carbocycles. The summed E-state index contributed by atoms with van der Waals surface area (Å²) in [7, 11) is -9.45. The number of sulfone groups is 2. The van der Waals surface area contributed by atoms with Gasteiger partial charge >= 0.3 is 12.4 Å². The van der Waals surface area contributed by atoms with Crippen LogP contribution in [0.3, 0.4) is 0 Å². The maximum Gasteiger partial charge on any atom is 0.411 e. The zero-order valence-electron chi connectivity index (χ0n) is 41.2. The third-order valence-electron chi connectivity index (χ3n) is 14.5. The minimum absolute atomic E-state index is 0.0349. The highest BCUT2D eigenvalue weighted by Gasteiger charge is 2.72. The Balaban J connectivity index is 1.38. The van der Waals surface area contributed by atoms with Gasteiger partial charge in [-0.25, -0.2) is 25.6 Å². The van der Waals surface area contributed by atoms with Gasteiger partial charge in [-0.3, -0.25) is 0 Å². The van der Waals surface area contributed by atoms with Crippen LogP contribution in [0.2, 0.25) is 0 Å². The Morgan fingerprint density at radius 2 is 0.563 bits per heavy atom. The molecule has 0 saturated heterocycles. The molecule has 0 heterocycles. The third kappa shape index (κ3) is 8.35. The minimum atomic E-state index is -6.11. The number of ether oxygens (including phenoxy) is 2. The van der Waals surface area contributed by atoms with E-state index in [1.54, 1.807) is 62.3 Å². The molecule has 0 N–H and O–H groups in total. The molecule has 0 atom stereocenters. The average Bonchev–Trinajstić information content (AvgIpc) is 3.28. The smallest absolute Gasteiger partial charge is 0.411 e. The second-order valence-electron chi connectivity index (χ2n) is 18.0. The molecule has 6 aromatic rings. The lowest BCUT2D eigenvalue weighted by atomic mass is 9.73. The summed E-state index contributed by atoms with van der Waals surface area (Å²) in [6.45, 7) is 22.8. The molecule has 0 saturated carbocycles. The van der Waals surface area contributed by atoms with Crippen LogP contribution in [0.5, 0.6) is 23.0 Å². The molecular formula is C53H50F10O6S2. The van der Waals surface area contributed by atoms with E-state index in [4.69, 9.17) is 9.47 Å². The lowest BCUT2D eigenvalue weighted by molar-refractivity contribution is -0.288. The molecule has 0 aromatic heterocycles. The SMILES string of the molecule is Cc1c(C)c(C)c(S(=O)(=O)c2c(C)c(C)c(Oc3ccc(C(c4ccc(Oc5c(F)c(F)c(S(=O)(=O)c6c(C)c(C)c(C)c(C)c6C)c(F)c5F)cc4)(C(F)(F)F)C(F)(F)F)cc3)c(C)c2C)c(C)c1C. The molecule has 71 heavy (non-hydrogen) atoms. The molecule has 0 bridgehead atoms. The molecule has 6 rings (SSSR count). The van der Waals surface area contributed by atoms with Crippen LogP contribution in [0.25, 0.3) is 0 Å². The van der Waals surface area contributed by atoms with Gasteiger partial charge in [-0.2, -0.15) is 35.1 Å². The average molecular weight is 1040 g/mol. The Hall–Kier alpha value is -5.88. The Bertz CT molecular complexity index is 3090. The van der Waals surface area contributed by atoms with Gasteiger partial charge in [0.25, 0.3) is 0 Å². The van der Waals surface area contributed by atoms with Crippen LogP contribution >= 0.6 is 0 Å². The van der Waals surface area contributed by atoms with Crippen LogP contribution < -0.4 is 9.47 Å². The summed E-state index contributed by atoms with van der Waals surface area (Å²) < 4.78 is 221. The first-order valence-corrected chi connectivity index (χ1v) is 24.8. The summed E-state index contributed by atoms with van der Waals surface area (Å²) in [4.78, 5) is -2.38. The van der Waals surface area contributed by atoms with Crippen molar-refractivity contribution in [2.75, 3.05) is 0 Å². The van der Waals surface area contributed by atoms with Gasteiger partial charge in [-0.1, -0.05) is 24.3 Å². The number of benzene rings is 6. The van der Waals surface area contributed by atoms with Crippen molar-refractivity contribution < 1.29 is 70.2 Å². The topological polar surface area (TPSA) is 86.7 Å². The Kier molecular flexibility index (Phi) is 14.0. The van der Waals surface area contributed by atoms with E-state index in [1.807, 2.05) is 20.8 Å². The zero-order valence-corrected chi connectivity index (χ0v) is 42.8. The predicted molar refractivity (Wildman–Crippen MR) is 249 cm³/mol. The van der Waals surface area contributed by atoms with Gasteiger partial charge in [0.1, 0.15) is 22.1 Å². The Morgan fingerprint density at radius 1 is 0.324 bits per heavy atom. The molecule has 380 valence electrons. The summed E-state index contributed by atoms with van der Waals surface area (Å²) >= 11 is 0. The van der Waals surface area contributed by atoms with Crippen molar-refractivity contribution in [2.24, 2.45) is 0 Å². The molecular weight excluding hydrogens is 987 g/mol. The van der Waals surface area contributed by atoms with Gasteiger partial charge in [-0.05, 0) is 210 Å². The van der Waals surface area contributed by atoms with Crippen molar-refractivity contribution >= 4 is 19.7 Å². The van der Waals surface area contributed by atoms with Gasteiger partial charge in [0, 0.05) is 0 Å². The van der Waals surface area contributed by atoms with Gasteiger partial charge in [0.05, 0.1) is 14.7 Å². The molecule has 0 aliphatic rings. The quantitative estimate of drug-likeness (QED) is 0.100. The summed E-state index contributed by atoms with van der Waals surface area (Å²) in [5.41, 5.74) is -0.809. The highest BCUT2D eigenvalue weighted by atomic mass is 32.2. The van der Waals surface area contributed by atoms with Gasteiger partial charge in [0.15, 0.2) is 11.6 Å². The summed E-state index contributed by atoms with van der Waals surface area (Å²) in [6.07, 6.45) is -12.2. The molecule has 0 aliphatic carbocycles. The molecule has 0 radical (unpaired) electrons. The predicted octanol–water partition coefficient (Wildman–Crippen LogP) is 15.2.